The van der Waals surface area contributed by atoms with Crippen LogP contribution in [0, 0.1) is 15.9 Å². The van der Waals surface area contributed by atoms with Gasteiger partial charge >= 0.3 is 0 Å². The first-order valence-corrected chi connectivity index (χ1v) is 7.42. The maximum Gasteiger partial charge on any atom is 0.287 e. The number of carbonyl (C=O) groups is 1. The molecule has 3 aromatic rings. The number of carbonyl (C=O) groups excluding carboxylic acids is 1. The maximum atomic E-state index is 13.7. The van der Waals surface area contributed by atoms with Gasteiger partial charge in [0.2, 0.25) is 5.78 Å². The highest BCUT2D eigenvalue weighted by Crippen LogP contribution is 2.18. The summed E-state index contributed by atoms with van der Waals surface area (Å²) in [6.45, 7) is 0.0301. The Bertz CT molecular complexity index is 925. The topological polar surface area (TPSA) is 77.0 Å². The minimum Gasteiger partial charge on any atom is -0.290 e. The molecule has 25 heavy (non-hydrogen) atoms. The van der Waals surface area contributed by atoms with E-state index in [-0.39, 0.29) is 23.8 Å². The van der Waals surface area contributed by atoms with Crippen molar-refractivity contribution < 1.29 is 18.7 Å². The van der Waals surface area contributed by atoms with Gasteiger partial charge in [-0.3, -0.25) is 14.9 Å². The summed E-state index contributed by atoms with van der Waals surface area (Å²) >= 11 is 0. The molecule has 0 atom stereocenters. The van der Waals surface area contributed by atoms with Gasteiger partial charge in [-0.25, -0.2) is 8.96 Å². The van der Waals surface area contributed by atoms with Crippen molar-refractivity contribution in [2.24, 2.45) is 0 Å². The van der Waals surface area contributed by atoms with Gasteiger partial charge in [-0.1, -0.05) is 12.1 Å². The van der Waals surface area contributed by atoms with Crippen LogP contribution in [0.15, 0.2) is 67.1 Å². The summed E-state index contributed by atoms with van der Waals surface area (Å²) in [5.74, 6) is -0.574. The van der Waals surface area contributed by atoms with Crippen LogP contribution >= 0.6 is 0 Å². The summed E-state index contributed by atoms with van der Waals surface area (Å²) in [6.07, 6.45) is 3.09. The Hall–Kier alpha value is -3.48. The minimum absolute atomic E-state index is 0.0301. The van der Waals surface area contributed by atoms with Crippen molar-refractivity contribution in [3.63, 3.8) is 0 Å². The number of benzene rings is 2. The van der Waals surface area contributed by atoms with Crippen LogP contribution in [0.25, 0.3) is 11.3 Å². The van der Waals surface area contributed by atoms with Crippen molar-refractivity contribution in [3.8, 4) is 11.3 Å². The summed E-state index contributed by atoms with van der Waals surface area (Å²) in [7, 11) is 0. The molecule has 0 N–H and O–H groups in total. The molecule has 3 rings (SSSR count). The monoisotopic (exact) mass is 338 g/mol. The SMILES string of the molecule is O=C(C[n+]1ccc(-c2ccccc2F)nc1)c1ccc([N+](=O)[O-])cc1. The van der Waals surface area contributed by atoms with Crippen molar-refractivity contribution in [2.45, 2.75) is 6.54 Å². The average Bonchev–Trinajstić information content (AvgIpc) is 2.63. The molecule has 0 aliphatic carbocycles. The first-order chi connectivity index (χ1) is 12.0. The van der Waals surface area contributed by atoms with E-state index in [9.17, 15) is 19.3 Å². The summed E-state index contributed by atoms with van der Waals surface area (Å²) in [4.78, 5) is 26.5. The van der Waals surface area contributed by atoms with E-state index in [4.69, 9.17) is 0 Å². The highest BCUT2D eigenvalue weighted by atomic mass is 19.1. The zero-order chi connectivity index (χ0) is 17.8. The van der Waals surface area contributed by atoms with Crippen LogP contribution in [-0.2, 0) is 6.54 Å². The van der Waals surface area contributed by atoms with E-state index in [1.807, 2.05) is 0 Å². The van der Waals surface area contributed by atoms with E-state index >= 15 is 0 Å². The molecule has 1 heterocycles. The Morgan fingerprint density at radius 2 is 1.84 bits per heavy atom. The van der Waals surface area contributed by atoms with Gasteiger partial charge in [0.25, 0.3) is 12.0 Å². The van der Waals surface area contributed by atoms with Gasteiger partial charge in [0.1, 0.15) is 5.82 Å². The fourth-order valence-electron chi connectivity index (χ4n) is 2.33. The molecular formula is C18H13FN3O3+. The number of nitro benzene ring substituents is 1. The van der Waals surface area contributed by atoms with E-state index in [2.05, 4.69) is 4.98 Å². The van der Waals surface area contributed by atoms with E-state index in [0.717, 1.165) is 0 Å². The lowest BCUT2D eigenvalue weighted by molar-refractivity contribution is -0.686. The number of halogens is 1. The van der Waals surface area contributed by atoms with Gasteiger partial charge in [0.05, 0.1) is 16.7 Å². The van der Waals surface area contributed by atoms with Gasteiger partial charge in [0.15, 0.2) is 12.2 Å². The number of aromatic nitrogens is 2. The van der Waals surface area contributed by atoms with Crippen LogP contribution in [-0.4, -0.2) is 15.7 Å². The van der Waals surface area contributed by atoms with Crippen LogP contribution < -0.4 is 4.57 Å². The third-order valence-corrected chi connectivity index (χ3v) is 3.65. The third kappa shape index (κ3) is 3.72. The predicted molar refractivity (Wildman–Crippen MR) is 87.3 cm³/mol. The van der Waals surface area contributed by atoms with Gasteiger partial charge in [-0.15, -0.1) is 0 Å². The Morgan fingerprint density at radius 1 is 1.12 bits per heavy atom. The second-order valence-corrected chi connectivity index (χ2v) is 5.32. The normalized spacial score (nSPS) is 10.4. The van der Waals surface area contributed by atoms with Crippen molar-refractivity contribution in [3.05, 3.63) is 88.6 Å². The van der Waals surface area contributed by atoms with Crippen LogP contribution in [0.5, 0.6) is 0 Å². The first-order valence-electron chi connectivity index (χ1n) is 7.42. The summed E-state index contributed by atoms with van der Waals surface area (Å²) < 4.78 is 15.3. The third-order valence-electron chi connectivity index (χ3n) is 3.65. The largest absolute Gasteiger partial charge is 0.290 e. The van der Waals surface area contributed by atoms with Crippen LogP contribution in [0.1, 0.15) is 10.4 Å². The number of Topliss-reactive ketones (excluding diaryl/α,β-unsaturated/α-hetero) is 1. The first kappa shape index (κ1) is 16.4. The standard InChI is InChI=1S/C18H13FN3O3/c19-16-4-2-1-3-15(16)17-9-10-21(12-20-17)11-18(23)13-5-7-14(8-6-13)22(24)25/h1-10,12H,11H2/q+1. The Balaban J connectivity index is 1.74. The Labute approximate surface area is 142 Å². The lowest BCUT2D eigenvalue weighted by Gasteiger charge is -2.01. The summed E-state index contributed by atoms with van der Waals surface area (Å²) in [5.41, 5.74) is 1.16. The van der Waals surface area contributed by atoms with Crippen LogP contribution in [0.3, 0.4) is 0 Å². The fraction of sp³-hybridized carbons (Fsp3) is 0.0556. The molecule has 0 spiro atoms. The number of hydrogen-bond acceptors (Lipinski definition) is 4. The number of hydrogen-bond donors (Lipinski definition) is 0. The van der Waals surface area contributed by atoms with Crippen molar-refractivity contribution in [1.82, 2.24) is 4.98 Å². The average molecular weight is 338 g/mol. The van der Waals surface area contributed by atoms with Gasteiger partial charge in [0, 0.05) is 23.8 Å². The second-order valence-electron chi connectivity index (χ2n) is 5.32. The Kier molecular flexibility index (Phi) is 4.56. The molecule has 7 heteroatoms. The molecule has 1 aromatic heterocycles. The molecule has 0 saturated carbocycles. The van der Waals surface area contributed by atoms with E-state index in [1.54, 1.807) is 35.0 Å². The van der Waals surface area contributed by atoms with Crippen molar-refractivity contribution in [2.75, 3.05) is 0 Å². The maximum absolute atomic E-state index is 13.7. The summed E-state index contributed by atoms with van der Waals surface area (Å²) in [6, 6.07) is 13.4. The van der Waals surface area contributed by atoms with E-state index in [0.29, 0.717) is 16.8 Å². The lowest BCUT2D eigenvalue weighted by Crippen LogP contribution is -2.37. The lowest BCUT2D eigenvalue weighted by atomic mass is 10.1. The van der Waals surface area contributed by atoms with E-state index in [1.165, 1.54) is 36.7 Å². The molecule has 0 aliphatic heterocycles. The molecule has 0 fully saturated rings. The predicted octanol–water partition coefficient (Wildman–Crippen LogP) is 2.97. The molecule has 0 radical (unpaired) electrons. The smallest absolute Gasteiger partial charge is 0.287 e. The second kappa shape index (κ2) is 6.96. The molecule has 0 bridgehead atoms. The molecule has 6 nitrogen and oxygen atoms in total. The minimum atomic E-state index is -0.519. The number of nitrogens with zero attached hydrogens (tertiary/aromatic N) is 3. The highest BCUT2D eigenvalue weighted by Gasteiger charge is 2.14. The quantitative estimate of drug-likeness (QED) is 0.310. The highest BCUT2D eigenvalue weighted by molar-refractivity contribution is 5.95. The van der Waals surface area contributed by atoms with Gasteiger partial charge in [-0.05, 0) is 29.2 Å². The van der Waals surface area contributed by atoms with Crippen molar-refractivity contribution >= 4 is 11.5 Å². The molecule has 0 saturated heterocycles. The number of non-ortho nitro benzene ring substituents is 1. The Morgan fingerprint density at radius 3 is 2.44 bits per heavy atom. The molecule has 0 amide bonds. The zero-order valence-corrected chi connectivity index (χ0v) is 13.0. The molecule has 124 valence electrons. The molecule has 0 unspecified atom stereocenters. The number of rotatable bonds is 5. The van der Waals surface area contributed by atoms with Crippen LogP contribution in [0.4, 0.5) is 10.1 Å². The van der Waals surface area contributed by atoms with Crippen LogP contribution in [0.2, 0.25) is 0 Å². The summed E-state index contributed by atoms with van der Waals surface area (Å²) in [5, 5.41) is 10.6. The van der Waals surface area contributed by atoms with Crippen molar-refractivity contribution in [1.29, 1.82) is 0 Å². The molecule has 2 aromatic carbocycles. The number of nitro groups is 1. The zero-order valence-electron chi connectivity index (χ0n) is 13.0. The van der Waals surface area contributed by atoms with Gasteiger partial charge < -0.3 is 0 Å². The number of ketones is 1. The van der Waals surface area contributed by atoms with E-state index < -0.39 is 4.92 Å². The van der Waals surface area contributed by atoms with Gasteiger partial charge in [-0.2, -0.15) is 0 Å². The molecule has 0 aliphatic rings. The molecular weight excluding hydrogens is 325 g/mol. The fourth-order valence-corrected chi connectivity index (χ4v) is 2.33.